The summed E-state index contributed by atoms with van der Waals surface area (Å²) >= 11 is 0. The molecule has 2 fully saturated rings. The fourth-order valence-electron chi connectivity index (χ4n) is 13.0. The SMILES string of the molecule is CO[C@H]1/C=C/O[C@@]2(C)Oc3c(C)c(O)c4c(c3C2=O)C(=O)C(N2CCC(CCCC3CCN(c5nc6c(cc5F)c(=O)c(C(=O)O)cn6-c5ccc(F)cc5F)CC3)CC2)=C(NC(=O)/C(C)=C\C=C\[C@H](C)[C@H](O)[C@@H](C)[C@@H](O)[C@@H](C)[C@H](OC(C)=O)[C@@H]1C)C4=O. The molecule has 5 N–H and O–H groups in total. The van der Waals surface area contributed by atoms with Crippen molar-refractivity contribution in [2.75, 3.05) is 38.2 Å². The normalized spacial score (nSPS) is 27.4. The number of Topliss-reactive ketones (excluding diaryl/α,β-unsaturated/α-hetero) is 3. The highest BCUT2D eigenvalue weighted by Gasteiger charge is 2.53. The first-order chi connectivity index (χ1) is 41.7. The summed E-state index contributed by atoms with van der Waals surface area (Å²) in [5.74, 6) is -13.7. The zero-order chi connectivity index (χ0) is 64.0. The summed E-state index contributed by atoms with van der Waals surface area (Å²) in [5, 5.41) is 47.1. The number of methoxy groups -OCH3 is 1. The summed E-state index contributed by atoms with van der Waals surface area (Å²) in [6.07, 6.45) is 9.01. The molecule has 6 aliphatic rings. The minimum absolute atomic E-state index is 0.0387. The second-order valence-corrected chi connectivity index (χ2v) is 24.1. The molecule has 1 amide bonds. The second kappa shape index (κ2) is 25.9. The van der Waals surface area contributed by atoms with Gasteiger partial charge in [-0.25, -0.2) is 22.9 Å². The Balaban J connectivity index is 0.937. The van der Waals surface area contributed by atoms with Gasteiger partial charge in [-0.15, -0.1) is 0 Å². The number of aliphatic hydroxyl groups excluding tert-OH is 2. The van der Waals surface area contributed by atoms with Crippen molar-refractivity contribution in [2.24, 2.45) is 35.5 Å². The Morgan fingerprint density at radius 2 is 1.48 bits per heavy atom. The third-order valence-electron chi connectivity index (χ3n) is 18.3. The van der Waals surface area contributed by atoms with E-state index in [4.69, 9.17) is 18.9 Å². The maximum absolute atomic E-state index is 15.9. The number of halogens is 3. The summed E-state index contributed by atoms with van der Waals surface area (Å²) in [7, 11) is 1.41. The molecule has 5 bridgehead atoms. The summed E-state index contributed by atoms with van der Waals surface area (Å²) < 4.78 is 69.7. The number of carbonyl (C=O) groups is 6. The number of allylic oxidation sites excluding steroid dienone is 4. The van der Waals surface area contributed by atoms with Gasteiger partial charge in [0.05, 0.1) is 52.3 Å². The number of benzene rings is 2. The second-order valence-electron chi connectivity index (χ2n) is 24.1. The Bertz CT molecular complexity index is 3670. The number of carboxylic acids is 1. The number of aromatic hydroxyl groups is 1. The number of phenols is 1. The fraction of sp³-hybridized carbons (Fsp3) is 0.477. The van der Waals surface area contributed by atoms with Crippen molar-refractivity contribution in [2.45, 2.75) is 131 Å². The number of hydrogen-bond donors (Lipinski definition) is 5. The molecule has 2 aromatic carbocycles. The molecule has 9 atom stereocenters. The third kappa shape index (κ3) is 12.4. The highest BCUT2D eigenvalue weighted by atomic mass is 19.1. The first kappa shape index (κ1) is 64.3. The van der Waals surface area contributed by atoms with Crippen molar-refractivity contribution < 1.29 is 81.3 Å². The Morgan fingerprint density at radius 3 is 2.09 bits per heavy atom. The zero-order valence-corrected chi connectivity index (χ0v) is 50.5. The van der Waals surface area contributed by atoms with Gasteiger partial charge in [0, 0.05) is 94.2 Å². The Kier molecular flexibility index (Phi) is 18.9. The number of carbonyl (C=O) groups excluding carboxylic acids is 5. The number of fused-ring (bicyclic) bond motifs is 15. The third-order valence-corrected chi connectivity index (χ3v) is 18.3. The average Bonchev–Trinajstić information content (AvgIpc) is 1.43. The molecule has 0 saturated carbocycles. The van der Waals surface area contributed by atoms with E-state index in [0.29, 0.717) is 44.8 Å². The number of hydrogen-bond acceptors (Lipinski definition) is 17. The number of amides is 1. The number of aromatic carboxylic acids is 1. The Hall–Kier alpha value is -8.15. The molecule has 5 aliphatic heterocycles. The van der Waals surface area contributed by atoms with Crippen molar-refractivity contribution in [3.8, 4) is 17.2 Å². The lowest BCUT2D eigenvalue weighted by Crippen LogP contribution is -2.46. The maximum atomic E-state index is 15.9. The van der Waals surface area contributed by atoms with Crippen molar-refractivity contribution >= 4 is 52.0 Å². The Morgan fingerprint density at radius 1 is 0.830 bits per heavy atom. The number of ketones is 3. The van der Waals surface area contributed by atoms with Crippen LogP contribution in [0.2, 0.25) is 0 Å². The smallest absolute Gasteiger partial charge is 0.341 e. The molecule has 23 heteroatoms. The highest BCUT2D eigenvalue weighted by Crippen LogP contribution is 2.49. The number of nitrogens with zero attached hydrogens (tertiary/aromatic N) is 4. The van der Waals surface area contributed by atoms with Crippen molar-refractivity contribution in [3.05, 3.63) is 133 Å². The molecule has 10 rings (SSSR count). The molecule has 0 spiro atoms. The number of rotatable bonds is 10. The van der Waals surface area contributed by atoms with Gasteiger partial charge in [-0.2, -0.15) is 0 Å². The lowest BCUT2D eigenvalue weighted by atomic mass is 9.78. The van der Waals surface area contributed by atoms with Gasteiger partial charge in [-0.1, -0.05) is 65.2 Å². The van der Waals surface area contributed by atoms with Crippen LogP contribution in [0.25, 0.3) is 16.7 Å². The standard InChI is InChI=1S/C65H74F3N5O15/c1-31-12-10-13-32(2)63(82)69-50-51(57(80)47-48(56(50)79)54(77)36(6)59-49(47)60(81)65(8,88-59)86-27-22-46(85-9)33(3)58(87-37(7)74)35(5)53(76)34(4)52(31)75)71-23-18-38(19-24-71)14-11-15-39-20-25-72(26-21-39)62-44(68)29-41-55(78)42(64(83)84)30-73(61(41)70-62)45-17-16-40(66)28-43(45)67/h10,12-13,16-17,22,27-31,33-35,38-39,46,52-53,58,75-77H,11,14-15,18-21,23-26H2,1-9H3,(H,69,82)(H,83,84)/b12-10+,27-22+,32-13-/t31-,33+,34+,35+,46-,52-,53+,58+,65-/m0/s1. The van der Waals surface area contributed by atoms with Crippen LogP contribution in [0.3, 0.4) is 0 Å². The summed E-state index contributed by atoms with van der Waals surface area (Å²) in [6, 6.07) is 3.53. The number of aromatic nitrogens is 2. The molecule has 7 heterocycles. The fourth-order valence-corrected chi connectivity index (χ4v) is 13.0. The van der Waals surface area contributed by atoms with Crippen LogP contribution in [0, 0.1) is 59.9 Å². The zero-order valence-electron chi connectivity index (χ0n) is 50.5. The molecule has 2 aromatic heterocycles. The molecule has 20 nitrogen and oxygen atoms in total. The molecule has 470 valence electrons. The predicted molar refractivity (Wildman–Crippen MR) is 315 cm³/mol. The van der Waals surface area contributed by atoms with Crippen LogP contribution in [-0.4, -0.2) is 134 Å². The van der Waals surface area contributed by atoms with Crippen LogP contribution in [-0.2, 0) is 23.8 Å². The Labute approximate surface area is 506 Å². The lowest BCUT2D eigenvalue weighted by molar-refractivity contribution is -0.160. The van der Waals surface area contributed by atoms with Gasteiger partial charge >= 0.3 is 17.7 Å². The topological polar surface area (TPSA) is 274 Å². The van der Waals surface area contributed by atoms with E-state index in [0.717, 1.165) is 54.5 Å². The summed E-state index contributed by atoms with van der Waals surface area (Å²) in [5.41, 5.74) is -3.96. The molecule has 1 aliphatic carbocycles. The number of aliphatic hydroxyl groups is 2. The first-order valence-electron chi connectivity index (χ1n) is 29.7. The van der Waals surface area contributed by atoms with Crippen LogP contribution in [0.15, 0.2) is 82.8 Å². The van der Waals surface area contributed by atoms with E-state index < -0.39 is 145 Å². The van der Waals surface area contributed by atoms with Crippen LogP contribution >= 0.6 is 0 Å². The predicted octanol–water partition coefficient (Wildman–Crippen LogP) is 8.57. The van der Waals surface area contributed by atoms with Crippen LogP contribution in [0.5, 0.6) is 11.5 Å². The molecule has 4 aromatic rings. The number of likely N-dealkylation sites (tertiary alicyclic amines) is 1. The molecule has 0 radical (unpaired) electrons. The molecular formula is C65H74F3N5O15. The van der Waals surface area contributed by atoms with Gasteiger partial charge in [0.15, 0.2) is 17.3 Å². The van der Waals surface area contributed by atoms with E-state index in [-0.39, 0.29) is 70.2 Å². The summed E-state index contributed by atoms with van der Waals surface area (Å²) in [6.45, 7) is 13.6. The monoisotopic (exact) mass is 1220 g/mol. The van der Waals surface area contributed by atoms with Crippen LogP contribution in [0.1, 0.15) is 140 Å². The van der Waals surface area contributed by atoms with Crippen molar-refractivity contribution in [3.63, 3.8) is 0 Å². The number of esters is 1. The lowest BCUT2D eigenvalue weighted by Gasteiger charge is -2.38. The van der Waals surface area contributed by atoms with Gasteiger partial charge in [0.1, 0.15) is 46.2 Å². The number of nitrogens with one attached hydrogen (secondary N) is 1. The minimum atomic E-state index is -2.15. The number of ether oxygens (including phenoxy) is 4. The molecule has 2 saturated heterocycles. The number of carboxylic acid groups (broad SMARTS) is 1. The summed E-state index contributed by atoms with van der Waals surface area (Å²) in [4.78, 5) is 105. The average molecular weight is 1220 g/mol. The van der Waals surface area contributed by atoms with E-state index in [9.17, 15) is 48.8 Å². The van der Waals surface area contributed by atoms with Gasteiger partial charge in [-0.05, 0) is 75.6 Å². The van der Waals surface area contributed by atoms with E-state index in [2.05, 4.69) is 10.3 Å². The minimum Gasteiger partial charge on any atom is -0.507 e. The van der Waals surface area contributed by atoms with E-state index >= 15 is 18.4 Å². The van der Waals surface area contributed by atoms with E-state index in [1.165, 1.54) is 47.0 Å². The van der Waals surface area contributed by atoms with Gasteiger partial charge in [-0.3, -0.25) is 33.3 Å². The largest absolute Gasteiger partial charge is 0.507 e. The highest BCUT2D eigenvalue weighted by molar-refractivity contribution is 6.32. The number of pyridine rings is 2. The number of piperidine rings is 2. The van der Waals surface area contributed by atoms with E-state index in [1.54, 1.807) is 49.6 Å². The van der Waals surface area contributed by atoms with Crippen molar-refractivity contribution in [1.82, 2.24) is 19.8 Å². The number of phenolic OH excluding ortho intramolecular Hbond substituents is 1. The van der Waals surface area contributed by atoms with E-state index in [1.807, 2.05) is 0 Å². The van der Waals surface area contributed by atoms with Crippen LogP contribution < -0.4 is 20.4 Å². The van der Waals surface area contributed by atoms with Crippen LogP contribution in [0.4, 0.5) is 19.0 Å². The van der Waals surface area contributed by atoms with Crippen molar-refractivity contribution in [1.29, 1.82) is 0 Å². The quantitative estimate of drug-likeness (QED) is 0.0930. The number of anilines is 1. The van der Waals surface area contributed by atoms with Gasteiger partial charge in [0.25, 0.3) is 11.7 Å². The molecule has 88 heavy (non-hydrogen) atoms. The molecular weight excluding hydrogens is 1150 g/mol. The van der Waals surface area contributed by atoms with Gasteiger partial charge in [0.2, 0.25) is 17.0 Å². The maximum Gasteiger partial charge on any atom is 0.341 e. The molecule has 0 unspecified atom stereocenters. The van der Waals surface area contributed by atoms with Gasteiger partial charge < -0.3 is 54.5 Å². The first-order valence-corrected chi connectivity index (χ1v) is 29.7.